The van der Waals surface area contributed by atoms with Gasteiger partial charge in [0.25, 0.3) is 0 Å². The number of hydrogen-bond donors (Lipinski definition) is 4. The van der Waals surface area contributed by atoms with Gasteiger partial charge in [-0.3, -0.25) is 4.98 Å². The highest BCUT2D eigenvalue weighted by Crippen LogP contribution is 2.29. The molecule has 0 spiro atoms. The van der Waals surface area contributed by atoms with E-state index in [9.17, 15) is 19.8 Å². The Hall–Kier alpha value is -4.69. The van der Waals surface area contributed by atoms with Gasteiger partial charge in [-0.1, -0.05) is 91.0 Å². The number of nitrogens with one attached hydrogen (secondary N) is 2. The maximum Gasteiger partial charge on any atom is 0.407 e. The summed E-state index contributed by atoms with van der Waals surface area (Å²) < 4.78 is 5.59. The number of nitrogens with zero attached hydrogens (tertiary/aromatic N) is 1. The van der Waals surface area contributed by atoms with E-state index < -0.39 is 36.0 Å². The third-order valence-corrected chi connectivity index (χ3v) is 7.31. The molecule has 1 unspecified atom stereocenters. The molecule has 4 atom stereocenters. The molecule has 0 saturated heterocycles. The Morgan fingerprint density at radius 3 is 2.00 bits per heavy atom. The molecule has 4 rings (SSSR count). The Kier molecular flexibility index (Phi) is 11.1. The molecule has 0 aliphatic carbocycles. The summed E-state index contributed by atoms with van der Waals surface area (Å²) in [5.74, 6) is -0.329. The number of hydrogen-bond acceptors (Lipinski definition) is 5. The summed E-state index contributed by atoms with van der Waals surface area (Å²) in [6.07, 6.45) is -0.266. The van der Waals surface area contributed by atoms with Crippen molar-refractivity contribution in [1.29, 1.82) is 0 Å². The first kappa shape index (κ1) is 32.2. The number of benzene rings is 3. The Morgan fingerprint density at radius 1 is 0.795 bits per heavy atom. The molecule has 230 valence electrons. The van der Waals surface area contributed by atoms with Crippen LogP contribution in [0, 0.1) is 0 Å². The SMILES string of the molecule is CC(C)(C)OC(=O)N[C@@H](C(Cc1ccccc1)c1ccccc1)[C@@H](O)C[C@@H](Cc1ccc(-c2ccccn2)cc1)NC(=O)O. The number of carboxylic acid groups (broad SMARTS) is 1. The number of pyridine rings is 1. The molecular formula is C36H41N3O5. The minimum absolute atomic E-state index is 0.0624. The molecule has 2 amide bonds. The third kappa shape index (κ3) is 9.95. The highest BCUT2D eigenvalue weighted by molar-refractivity contribution is 5.68. The number of rotatable bonds is 12. The van der Waals surface area contributed by atoms with Crippen LogP contribution in [0.3, 0.4) is 0 Å². The molecule has 0 bridgehead atoms. The van der Waals surface area contributed by atoms with Crippen LogP contribution in [0.2, 0.25) is 0 Å². The van der Waals surface area contributed by atoms with Gasteiger partial charge in [0.2, 0.25) is 0 Å². The minimum Gasteiger partial charge on any atom is -0.465 e. The predicted octanol–water partition coefficient (Wildman–Crippen LogP) is 6.60. The van der Waals surface area contributed by atoms with Gasteiger partial charge in [0, 0.05) is 23.7 Å². The number of aliphatic hydroxyl groups is 1. The van der Waals surface area contributed by atoms with Crippen LogP contribution in [0.5, 0.6) is 0 Å². The average molecular weight is 596 g/mol. The third-order valence-electron chi connectivity index (χ3n) is 7.31. The van der Waals surface area contributed by atoms with Crippen molar-refractivity contribution < 1.29 is 24.5 Å². The first-order valence-electron chi connectivity index (χ1n) is 14.8. The van der Waals surface area contributed by atoms with Crippen molar-refractivity contribution in [2.24, 2.45) is 0 Å². The summed E-state index contributed by atoms with van der Waals surface area (Å²) in [5, 5.41) is 27.0. The van der Waals surface area contributed by atoms with E-state index in [2.05, 4.69) is 15.6 Å². The Balaban J connectivity index is 1.61. The fourth-order valence-corrected chi connectivity index (χ4v) is 5.36. The summed E-state index contributed by atoms with van der Waals surface area (Å²) >= 11 is 0. The van der Waals surface area contributed by atoms with Crippen LogP contribution in [-0.4, -0.2) is 51.2 Å². The Bertz CT molecular complexity index is 1460. The number of alkyl carbamates (subject to hydrolysis) is 1. The molecule has 1 aromatic heterocycles. The molecule has 0 aliphatic rings. The van der Waals surface area contributed by atoms with Gasteiger partial charge in [-0.2, -0.15) is 0 Å². The number of aromatic nitrogens is 1. The second kappa shape index (κ2) is 15.2. The van der Waals surface area contributed by atoms with Crippen molar-refractivity contribution in [2.45, 2.75) is 69.7 Å². The number of carbonyl (C=O) groups is 2. The van der Waals surface area contributed by atoms with E-state index in [1.54, 1.807) is 27.0 Å². The summed E-state index contributed by atoms with van der Waals surface area (Å²) in [6.45, 7) is 5.34. The van der Waals surface area contributed by atoms with Gasteiger partial charge in [0.15, 0.2) is 0 Å². The quantitative estimate of drug-likeness (QED) is 0.147. The molecule has 0 fully saturated rings. The second-order valence-corrected chi connectivity index (χ2v) is 11.9. The van der Waals surface area contributed by atoms with Crippen LogP contribution in [0.1, 0.15) is 49.8 Å². The van der Waals surface area contributed by atoms with Crippen LogP contribution in [-0.2, 0) is 17.6 Å². The number of ether oxygens (including phenoxy) is 1. The first-order valence-corrected chi connectivity index (χ1v) is 14.8. The van der Waals surface area contributed by atoms with E-state index in [1.165, 1.54) is 0 Å². The Labute approximate surface area is 259 Å². The molecule has 0 radical (unpaired) electrons. The van der Waals surface area contributed by atoms with Crippen LogP contribution in [0.4, 0.5) is 9.59 Å². The van der Waals surface area contributed by atoms with Crippen molar-refractivity contribution in [3.8, 4) is 11.3 Å². The summed E-state index contributed by atoms with van der Waals surface area (Å²) in [6, 6.07) is 31.7. The van der Waals surface area contributed by atoms with E-state index in [0.717, 1.165) is 27.9 Å². The van der Waals surface area contributed by atoms with Gasteiger partial charge >= 0.3 is 12.2 Å². The molecule has 8 nitrogen and oxygen atoms in total. The molecule has 0 saturated carbocycles. The normalized spacial score (nSPS) is 14.1. The van der Waals surface area contributed by atoms with Gasteiger partial charge in [0.1, 0.15) is 5.60 Å². The van der Waals surface area contributed by atoms with Crippen LogP contribution in [0.25, 0.3) is 11.3 Å². The van der Waals surface area contributed by atoms with Crippen molar-refractivity contribution >= 4 is 12.2 Å². The van der Waals surface area contributed by atoms with Gasteiger partial charge in [-0.15, -0.1) is 0 Å². The van der Waals surface area contributed by atoms with E-state index >= 15 is 0 Å². The fourth-order valence-electron chi connectivity index (χ4n) is 5.36. The molecule has 0 aliphatic heterocycles. The zero-order valence-corrected chi connectivity index (χ0v) is 25.4. The highest BCUT2D eigenvalue weighted by Gasteiger charge is 2.34. The number of carbonyl (C=O) groups excluding carboxylic acids is 1. The van der Waals surface area contributed by atoms with E-state index in [1.807, 2.05) is 103 Å². The second-order valence-electron chi connectivity index (χ2n) is 11.9. The number of aliphatic hydroxyl groups excluding tert-OH is 1. The van der Waals surface area contributed by atoms with E-state index in [0.29, 0.717) is 12.8 Å². The average Bonchev–Trinajstić information content (AvgIpc) is 2.99. The molecular weight excluding hydrogens is 554 g/mol. The van der Waals surface area contributed by atoms with Crippen molar-refractivity contribution in [1.82, 2.24) is 15.6 Å². The first-order chi connectivity index (χ1) is 21.1. The maximum atomic E-state index is 13.1. The lowest BCUT2D eigenvalue weighted by atomic mass is 9.81. The lowest BCUT2D eigenvalue weighted by Crippen LogP contribution is -2.51. The van der Waals surface area contributed by atoms with Gasteiger partial charge in [-0.05, 0) is 68.9 Å². The lowest BCUT2D eigenvalue weighted by molar-refractivity contribution is 0.0367. The largest absolute Gasteiger partial charge is 0.465 e. The van der Waals surface area contributed by atoms with E-state index in [4.69, 9.17) is 4.74 Å². The highest BCUT2D eigenvalue weighted by atomic mass is 16.6. The standard InChI is InChI=1S/C36H41N3O5/c1-36(2,3)44-35(43)39-33(30(27-14-8-5-9-15-27)23-25-12-6-4-7-13-25)32(40)24-29(38-34(41)42)22-26-17-19-28(20-18-26)31-16-10-11-21-37-31/h4-21,29-30,32-33,38,40H,22-24H2,1-3H3,(H,39,43)(H,41,42)/t29-,30?,32+,33+/m1/s1. The Morgan fingerprint density at radius 2 is 1.41 bits per heavy atom. The maximum absolute atomic E-state index is 13.1. The summed E-state index contributed by atoms with van der Waals surface area (Å²) in [7, 11) is 0. The topological polar surface area (TPSA) is 121 Å². The molecule has 8 heteroatoms. The van der Waals surface area contributed by atoms with Crippen LogP contribution < -0.4 is 10.6 Å². The van der Waals surface area contributed by atoms with Crippen LogP contribution in [0.15, 0.2) is 109 Å². The molecule has 4 N–H and O–H groups in total. The van der Waals surface area contributed by atoms with Gasteiger partial charge < -0.3 is 25.6 Å². The zero-order chi connectivity index (χ0) is 31.5. The predicted molar refractivity (Wildman–Crippen MR) is 171 cm³/mol. The molecule has 4 aromatic rings. The smallest absolute Gasteiger partial charge is 0.407 e. The van der Waals surface area contributed by atoms with Gasteiger partial charge in [0.05, 0.1) is 17.8 Å². The zero-order valence-electron chi connectivity index (χ0n) is 25.4. The molecule has 1 heterocycles. The van der Waals surface area contributed by atoms with Gasteiger partial charge in [-0.25, -0.2) is 9.59 Å². The summed E-state index contributed by atoms with van der Waals surface area (Å²) in [5.41, 5.74) is 3.93. The minimum atomic E-state index is -1.19. The van der Waals surface area contributed by atoms with E-state index in [-0.39, 0.29) is 12.3 Å². The molecule has 44 heavy (non-hydrogen) atoms. The monoisotopic (exact) mass is 595 g/mol. The van der Waals surface area contributed by atoms with Crippen molar-refractivity contribution in [2.75, 3.05) is 0 Å². The lowest BCUT2D eigenvalue weighted by Gasteiger charge is -2.34. The number of amides is 2. The molecule has 3 aromatic carbocycles. The summed E-state index contributed by atoms with van der Waals surface area (Å²) in [4.78, 5) is 29.3. The van der Waals surface area contributed by atoms with Crippen molar-refractivity contribution in [3.05, 3.63) is 126 Å². The van der Waals surface area contributed by atoms with Crippen LogP contribution >= 0.6 is 0 Å². The van der Waals surface area contributed by atoms with Crippen molar-refractivity contribution in [3.63, 3.8) is 0 Å². The fraction of sp³-hybridized carbons (Fsp3) is 0.306.